The third-order valence-corrected chi connectivity index (χ3v) is 7.31. The molecule has 2 aliphatic rings. The van der Waals surface area contributed by atoms with Gasteiger partial charge in [0.1, 0.15) is 0 Å². The average Bonchev–Trinajstić information content (AvgIpc) is 3.34. The third kappa shape index (κ3) is 5.64. The standard InChI is InChI=1S/C26H37N5O2/c1-3-25(32)31-16-13-22-9-6-10-23(28(22)2)19-30(18-21-8-4-5-11-24(21)31)26(33)12-7-15-29-17-14-27-20-29/h4-5,8,11,14,17,20,22-23H,3,6-7,9-10,12-13,15-16,18-19H2,1-2H3. The molecule has 33 heavy (non-hydrogen) atoms. The lowest BCUT2D eigenvalue weighted by atomic mass is 9.93. The highest BCUT2D eigenvalue weighted by Gasteiger charge is 2.32. The maximum absolute atomic E-state index is 13.4. The summed E-state index contributed by atoms with van der Waals surface area (Å²) in [5.41, 5.74) is 2.01. The Balaban J connectivity index is 1.59. The van der Waals surface area contributed by atoms with Crippen LogP contribution in [-0.2, 0) is 22.7 Å². The van der Waals surface area contributed by atoms with Crippen LogP contribution in [0.5, 0.6) is 0 Å². The Kier molecular flexibility index (Phi) is 7.81. The van der Waals surface area contributed by atoms with Crippen LogP contribution in [0.3, 0.4) is 0 Å². The van der Waals surface area contributed by atoms with E-state index in [0.717, 1.165) is 56.6 Å². The zero-order valence-electron chi connectivity index (χ0n) is 20.0. The first-order chi connectivity index (χ1) is 16.1. The Hall–Kier alpha value is -2.67. The van der Waals surface area contributed by atoms with Crippen LogP contribution in [0.1, 0.15) is 57.4 Å². The van der Waals surface area contributed by atoms with Crippen molar-refractivity contribution in [3.63, 3.8) is 0 Å². The highest BCUT2D eigenvalue weighted by atomic mass is 16.2. The molecule has 2 aromatic rings. The first-order valence-electron chi connectivity index (χ1n) is 12.4. The molecule has 2 bridgehead atoms. The lowest BCUT2D eigenvalue weighted by Crippen LogP contribution is -2.50. The van der Waals surface area contributed by atoms with Crippen molar-refractivity contribution in [3.8, 4) is 0 Å². The minimum absolute atomic E-state index is 0.148. The van der Waals surface area contributed by atoms with Gasteiger partial charge in [-0.2, -0.15) is 0 Å². The fourth-order valence-electron chi connectivity index (χ4n) is 5.32. The summed E-state index contributed by atoms with van der Waals surface area (Å²) in [6.45, 7) is 4.73. The molecule has 1 aromatic heterocycles. The number of likely N-dealkylation sites (N-methyl/N-ethyl adjacent to an activating group) is 1. The maximum Gasteiger partial charge on any atom is 0.226 e. The van der Waals surface area contributed by atoms with Gasteiger partial charge in [-0.1, -0.05) is 31.5 Å². The third-order valence-electron chi connectivity index (χ3n) is 7.31. The molecule has 7 heteroatoms. The van der Waals surface area contributed by atoms with Crippen LogP contribution in [0.4, 0.5) is 5.69 Å². The van der Waals surface area contributed by atoms with Gasteiger partial charge in [0, 0.05) is 69.2 Å². The minimum atomic E-state index is 0.148. The number of fused-ring (bicyclic) bond motifs is 3. The first-order valence-corrected chi connectivity index (χ1v) is 12.4. The summed E-state index contributed by atoms with van der Waals surface area (Å²) in [6.07, 6.45) is 11.7. The number of amides is 2. The maximum atomic E-state index is 13.4. The van der Waals surface area contributed by atoms with E-state index in [0.29, 0.717) is 31.5 Å². The Morgan fingerprint density at radius 3 is 2.70 bits per heavy atom. The number of hydrogen-bond donors (Lipinski definition) is 0. The Bertz CT molecular complexity index is 929. The normalized spacial score (nSPS) is 21.9. The van der Waals surface area contributed by atoms with Gasteiger partial charge in [-0.05, 0) is 44.4 Å². The van der Waals surface area contributed by atoms with Crippen molar-refractivity contribution < 1.29 is 9.59 Å². The summed E-state index contributed by atoms with van der Waals surface area (Å²) in [5.74, 6) is 0.336. The molecule has 0 saturated carbocycles. The van der Waals surface area contributed by atoms with Crippen LogP contribution in [0.25, 0.3) is 0 Å². The molecule has 178 valence electrons. The molecule has 7 nitrogen and oxygen atoms in total. The molecule has 0 aliphatic carbocycles. The molecule has 2 aliphatic heterocycles. The fraction of sp³-hybridized carbons (Fsp3) is 0.577. The second-order valence-electron chi connectivity index (χ2n) is 9.40. The molecular weight excluding hydrogens is 414 g/mol. The fourth-order valence-corrected chi connectivity index (χ4v) is 5.32. The van der Waals surface area contributed by atoms with E-state index in [2.05, 4.69) is 23.0 Å². The number of aryl methyl sites for hydroxylation is 1. The monoisotopic (exact) mass is 451 g/mol. The highest BCUT2D eigenvalue weighted by Crippen LogP contribution is 2.30. The quantitative estimate of drug-likeness (QED) is 0.696. The van der Waals surface area contributed by atoms with Crippen molar-refractivity contribution in [3.05, 3.63) is 48.5 Å². The molecule has 2 unspecified atom stereocenters. The van der Waals surface area contributed by atoms with Gasteiger partial charge >= 0.3 is 0 Å². The number of piperidine rings is 1. The van der Waals surface area contributed by atoms with Crippen LogP contribution < -0.4 is 4.90 Å². The lowest BCUT2D eigenvalue weighted by molar-refractivity contribution is -0.133. The van der Waals surface area contributed by atoms with E-state index < -0.39 is 0 Å². The number of para-hydroxylation sites is 1. The summed E-state index contributed by atoms with van der Waals surface area (Å²) in [7, 11) is 2.20. The van der Waals surface area contributed by atoms with Crippen molar-refractivity contribution in [1.82, 2.24) is 19.4 Å². The van der Waals surface area contributed by atoms with Gasteiger partial charge in [-0.3, -0.25) is 14.5 Å². The van der Waals surface area contributed by atoms with Crippen LogP contribution in [-0.4, -0.2) is 63.4 Å². The molecule has 2 amide bonds. The van der Waals surface area contributed by atoms with Gasteiger partial charge < -0.3 is 14.4 Å². The molecule has 3 heterocycles. The van der Waals surface area contributed by atoms with E-state index in [1.54, 1.807) is 12.5 Å². The predicted molar refractivity (Wildman–Crippen MR) is 130 cm³/mol. The van der Waals surface area contributed by atoms with Gasteiger partial charge in [-0.25, -0.2) is 4.98 Å². The topological polar surface area (TPSA) is 61.7 Å². The first kappa shape index (κ1) is 23.5. The number of imidazole rings is 1. The number of nitrogens with zero attached hydrogens (tertiary/aromatic N) is 5. The second-order valence-corrected chi connectivity index (χ2v) is 9.40. The van der Waals surface area contributed by atoms with Crippen LogP contribution in [0.15, 0.2) is 43.0 Å². The van der Waals surface area contributed by atoms with Crippen molar-refractivity contribution in [2.45, 2.75) is 77.0 Å². The second kappa shape index (κ2) is 11.0. The lowest BCUT2D eigenvalue weighted by Gasteiger charge is -2.42. The summed E-state index contributed by atoms with van der Waals surface area (Å²) >= 11 is 0. The van der Waals surface area contributed by atoms with Crippen molar-refractivity contribution in [2.75, 3.05) is 25.0 Å². The highest BCUT2D eigenvalue weighted by molar-refractivity contribution is 5.94. The van der Waals surface area contributed by atoms with Gasteiger partial charge in [0.2, 0.25) is 11.8 Å². The minimum Gasteiger partial charge on any atom is -0.337 e. The molecule has 4 rings (SSSR count). The van der Waals surface area contributed by atoms with E-state index in [-0.39, 0.29) is 11.8 Å². The van der Waals surface area contributed by atoms with Crippen molar-refractivity contribution in [2.24, 2.45) is 0 Å². The Morgan fingerprint density at radius 2 is 1.91 bits per heavy atom. The number of benzene rings is 1. The summed E-state index contributed by atoms with van der Waals surface area (Å²) in [4.78, 5) is 36.9. The number of carbonyl (C=O) groups excluding carboxylic acids is 2. The zero-order valence-corrected chi connectivity index (χ0v) is 20.0. The van der Waals surface area contributed by atoms with Crippen LogP contribution in [0, 0.1) is 0 Å². The van der Waals surface area contributed by atoms with Gasteiger partial charge in [0.15, 0.2) is 0 Å². The molecule has 1 saturated heterocycles. The average molecular weight is 452 g/mol. The number of rotatable bonds is 5. The molecule has 0 spiro atoms. The molecular formula is C26H37N5O2. The van der Waals surface area contributed by atoms with Crippen molar-refractivity contribution >= 4 is 17.5 Å². The predicted octanol–water partition coefficient (Wildman–Crippen LogP) is 3.69. The summed E-state index contributed by atoms with van der Waals surface area (Å²) in [5, 5.41) is 0. The summed E-state index contributed by atoms with van der Waals surface area (Å²) < 4.78 is 2.02. The van der Waals surface area contributed by atoms with Crippen LogP contribution >= 0.6 is 0 Å². The van der Waals surface area contributed by atoms with E-state index in [9.17, 15) is 9.59 Å². The van der Waals surface area contributed by atoms with E-state index in [1.165, 1.54) is 6.42 Å². The van der Waals surface area contributed by atoms with E-state index in [4.69, 9.17) is 0 Å². The number of aromatic nitrogens is 2. The van der Waals surface area contributed by atoms with Gasteiger partial charge in [0.25, 0.3) is 0 Å². The SMILES string of the molecule is CCC(=O)N1CCC2CCCC(CN(C(=O)CCCn3ccnc3)Cc3ccccc31)N2C. The Morgan fingerprint density at radius 1 is 1.09 bits per heavy atom. The van der Waals surface area contributed by atoms with E-state index >= 15 is 0 Å². The van der Waals surface area contributed by atoms with Gasteiger partial charge in [-0.15, -0.1) is 0 Å². The molecule has 0 N–H and O–H groups in total. The Labute approximate surface area is 197 Å². The molecule has 1 fully saturated rings. The zero-order chi connectivity index (χ0) is 23.2. The molecule has 0 radical (unpaired) electrons. The van der Waals surface area contributed by atoms with Crippen molar-refractivity contribution in [1.29, 1.82) is 0 Å². The smallest absolute Gasteiger partial charge is 0.226 e. The molecule has 2 atom stereocenters. The number of carbonyl (C=O) groups is 2. The van der Waals surface area contributed by atoms with Crippen LogP contribution in [0.2, 0.25) is 0 Å². The largest absolute Gasteiger partial charge is 0.337 e. The van der Waals surface area contributed by atoms with E-state index in [1.807, 2.05) is 45.7 Å². The number of hydrogen-bond acceptors (Lipinski definition) is 4. The number of anilines is 1. The van der Waals surface area contributed by atoms with Gasteiger partial charge in [0.05, 0.1) is 6.33 Å². The molecule has 1 aromatic carbocycles. The summed E-state index contributed by atoms with van der Waals surface area (Å²) in [6, 6.07) is 8.93.